The Morgan fingerprint density at radius 1 is 1.77 bits per heavy atom. The summed E-state index contributed by atoms with van der Waals surface area (Å²) in [5.74, 6) is -0.0212. The number of hydrogen-bond donors (Lipinski definition) is 1. The minimum atomic E-state index is -0.169. The zero-order valence-electron chi connectivity index (χ0n) is 7.14. The molecule has 1 atom stereocenters. The third-order valence-corrected chi connectivity index (χ3v) is 2.13. The summed E-state index contributed by atoms with van der Waals surface area (Å²) >= 11 is 0. The number of rotatable bonds is 1. The van der Waals surface area contributed by atoms with E-state index in [1.54, 1.807) is 4.90 Å². The molecule has 0 aromatic carbocycles. The van der Waals surface area contributed by atoms with Gasteiger partial charge in [0.1, 0.15) is 6.26 Å². The van der Waals surface area contributed by atoms with Gasteiger partial charge in [-0.1, -0.05) is 0 Å². The number of nitrogens with two attached hydrogens (primary N) is 1. The highest BCUT2D eigenvalue weighted by Crippen LogP contribution is 2.10. The van der Waals surface area contributed by atoms with Crippen LogP contribution in [-0.4, -0.2) is 34.9 Å². The second kappa shape index (κ2) is 3.18. The van der Waals surface area contributed by atoms with Gasteiger partial charge in [0.2, 0.25) is 0 Å². The smallest absolute Gasteiger partial charge is 0.309 e. The summed E-state index contributed by atoms with van der Waals surface area (Å²) in [6.45, 7) is 1.30. The van der Waals surface area contributed by atoms with Gasteiger partial charge in [-0.2, -0.15) is 0 Å². The standard InChI is InChI=1S/C8H11N3O2/c9-6-1-3-11(5-6)8(12)7-10-2-4-13-7/h2,4,6H,1,3,5,9H2. The van der Waals surface area contributed by atoms with Crippen molar-refractivity contribution in [1.82, 2.24) is 9.88 Å². The van der Waals surface area contributed by atoms with Crippen LogP contribution < -0.4 is 5.73 Å². The molecule has 2 N–H and O–H groups in total. The number of aromatic nitrogens is 1. The zero-order chi connectivity index (χ0) is 9.26. The molecule has 1 aliphatic rings. The van der Waals surface area contributed by atoms with Crippen LogP contribution in [0.2, 0.25) is 0 Å². The van der Waals surface area contributed by atoms with E-state index in [1.165, 1.54) is 12.5 Å². The summed E-state index contributed by atoms with van der Waals surface area (Å²) < 4.78 is 4.90. The van der Waals surface area contributed by atoms with Crippen LogP contribution in [-0.2, 0) is 0 Å². The molecular weight excluding hydrogens is 170 g/mol. The van der Waals surface area contributed by atoms with Crippen LogP contribution in [0.5, 0.6) is 0 Å². The molecule has 5 heteroatoms. The van der Waals surface area contributed by atoms with Gasteiger partial charge < -0.3 is 15.1 Å². The van der Waals surface area contributed by atoms with E-state index in [-0.39, 0.29) is 17.8 Å². The predicted molar refractivity (Wildman–Crippen MR) is 45.0 cm³/mol. The molecular formula is C8H11N3O2. The van der Waals surface area contributed by atoms with Crippen LogP contribution in [0.4, 0.5) is 0 Å². The lowest BCUT2D eigenvalue weighted by molar-refractivity contribution is 0.0751. The first-order chi connectivity index (χ1) is 6.27. The van der Waals surface area contributed by atoms with E-state index in [0.29, 0.717) is 13.1 Å². The molecule has 0 bridgehead atoms. The Hall–Kier alpha value is -1.36. The lowest BCUT2D eigenvalue weighted by Gasteiger charge is -2.12. The highest BCUT2D eigenvalue weighted by molar-refractivity contribution is 5.89. The summed E-state index contributed by atoms with van der Waals surface area (Å²) in [6, 6.07) is 0.0962. The SMILES string of the molecule is NC1CCN(C(=O)c2ncco2)C1. The number of carbonyl (C=O) groups is 1. The quantitative estimate of drug-likeness (QED) is 0.653. The molecule has 1 aliphatic heterocycles. The largest absolute Gasteiger partial charge is 0.441 e. The Labute approximate surface area is 75.5 Å². The molecule has 2 rings (SSSR count). The van der Waals surface area contributed by atoms with Crippen molar-refractivity contribution in [2.24, 2.45) is 5.73 Å². The molecule has 1 saturated heterocycles. The van der Waals surface area contributed by atoms with Crippen LogP contribution in [0.3, 0.4) is 0 Å². The maximum Gasteiger partial charge on any atom is 0.309 e. The molecule has 0 spiro atoms. The Morgan fingerprint density at radius 2 is 2.62 bits per heavy atom. The van der Waals surface area contributed by atoms with Crippen molar-refractivity contribution >= 4 is 5.91 Å². The van der Waals surface area contributed by atoms with E-state index >= 15 is 0 Å². The van der Waals surface area contributed by atoms with E-state index in [4.69, 9.17) is 10.2 Å². The summed E-state index contributed by atoms with van der Waals surface area (Å²) in [7, 11) is 0. The van der Waals surface area contributed by atoms with Gasteiger partial charge in [-0.3, -0.25) is 4.79 Å². The number of nitrogens with zero attached hydrogens (tertiary/aromatic N) is 2. The molecule has 1 unspecified atom stereocenters. The fourth-order valence-electron chi connectivity index (χ4n) is 1.44. The summed E-state index contributed by atoms with van der Waals surface area (Å²) in [4.78, 5) is 17.0. The van der Waals surface area contributed by atoms with E-state index in [1.807, 2.05) is 0 Å². The minimum absolute atomic E-state index is 0.0962. The first-order valence-electron chi connectivity index (χ1n) is 4.21. The highest BCUT2D eigenvalue weighted by Gasteiger charge is 2.26. The molecule has 2 heterocycles. The second-order valence-electron chi connectivity index (χ2n) is 3.14. The summed E-state index contributed by atoms with van der Waals surface area (Å²) in [6.07, 6.45) is 3.71. The number of hydrogen-bond acceptors (Lipinski definition) is 4. The molecule has 0 radical (unpaired) electrons. The average Bonchev–Trinajstić information content (AvgIpc) is 2.72. The zero-order valence-corrected chi connectivity index (χ0v) is 7.14. The van der Waals surface area contributed by atoms with Gasteiger partial charge in [0, 0.05) is 19.1 Å². The van der Waals surface area contributed by atoms with Gasteiger partial charge in [-0.05, 0) is 6.42 Å². The number of amides is 1. The predicted octanol–water partition coefficient (Wildman–Crippen LogP) is -0.152. The third-order valence-electron chi connectivity index (χ3n) is 2.13. The molecule has 70 valence electrons. The van der Waals surface area contributed by atoms with Crippen molar-refractivity contribution in [3.05, 3.63) is 18.4 Å². The average molecular weight is 181 g/mol. The van der Waals surface area contributed by atoms with E-state index in [9.17, 15) is 4.79 Å². The lowest BCUT2D eigenvalue weighted by Crippen LogP contribution is -2.32. The van der Waals surface area contributed by atoms with Gasteiger partial charge in [0.05, 0.1) is 6.20 Å². The molecule has 13 heavy (non-hydrogen) atoms. The molecule has 1 aromatic rings. The van der Waals surface area contributed by atoms with Crippen molar-refractivity contribution in [2.75, 3.05) is 13.1 Å². The lowest BCUT2D eigenvalue weighted by atomic mass is 10.3. The topological polar surface area (TPSA) is 72.4 Å². The maximum absolute atomic E-state index is 11.6. The summed E-state index contributed by atoms with van der Waals surface area (Å²) in [5.41, 5.74) is 5.67. The van der Waals surface area contributed by atoms with Crippen molar-refractivity contribution in [3.8, 4) is 0 Å². The second-order valence-corrected chi connectivity index (χ2v) is 3.14. The van der Waals surface area contributed by atoms with Crippen LogP contribution in [0.25, 0.3) is 0 Å². The first kappa shape index (κ1) is 8.25. The van der Waals surface area contributed by atoms with Crippen LogP contribution in [0, 0.1) is 0 Å². The van der Waals surface area contributed by atoms with Crippen molar-refractivity contribution < 1.29 is 9.21 Å². The van der Waals surface area contributed by atoms with Crippen molar-refractivity contribution in [3.63, 3.8) is 0 Å². The normalized spacial score (nSPS) is 22.2. The van der Waals surface area contributed by atoms with Gasteiger partial charge in [-0.15, -0.1) is 0 Å². The molecule has 1 amide bonds. The van der Waals surface area contributed by atoms with Gasteiger partial charge in [0.15, 0.2) is 0 Å². The number of likely N-dealkylation sites (tertiary alicyclic amines) is 1. The Kier molecular flexibility index (Phi) is 2.02. The molecule has 5 nitrogen and oxygen atoms in total. The van der Waals surface area contributed by atoms with Crippen LogP contribution >= 0.6 is 0 Å². The first-order valence-corrected chi connectivity index (χ1v) is 4.21. The highest BCUT2D eigenvalue weighted by atomic mass is 16.4. The van der Waals surface area contributed by atoms with E-state index < -0.39 is 0 Å². The number of carbonyl (C=O) groups excluding carboxylic acids is 1. The molecule has 0 saturated carbocycles. The van der Waals surface area contributed by atoms with E-state index in [0.717, 1.165) is 6.42 Å². The van der Waals surface area contributed by atoms with Crippen molar-refractivity contribution in [2.45, 2.75) is 12.5 Å². The van der Waals surface area contributed by atoms with Crippen molar-refractivity contribution in [1.29, 1.82) is 0 Å². The van der Waals surface area contributed by atoms with Crippen LogP contribution in [0.15, 0.2) is 16.9 Å². The fourth-order valence-corrected chi connectivity index (χ4v) is 1.44. The van der Waals surface area contributed by atoms with E-state index in [2.05, 4.69) is 4.98 Å². The van der Waals surface area contributed by atoms with Gasteiger partial charge >= 0.3 is 5.91 Å². The van der Waals surface area contributed by atoms with Gasteiger partial charge in [-0.25, -0.2) is 4.98 Å². The van der Waals surface area contributed by atoms with Gasteiger partial charge in [0.25, 0.3) is 5.89 Å². The third kappa shape index (κ3) is 1.55. The Bertz CT molecular complexity index is 296. The number of oxazole rings is 1. The van der Waals surface area contributed by atoms with Crippen LogP contribution in [0.1, 0.15) is 17.1 Å². The fraction of sp³-hybridized carbons (Fsp3) is 0.500. The Morgan fingerprint density at radius 3 is 3.15 bits per heavy atom. The monoisotopic (exact) mass is 181 g/mol. The summed E-state index contributed by atoms with van der Waals surface area (Å²) in [5, 5.41) is 0. The molecule has 1 aromatic heterocycles. The Balaban J connectivity index is 2.06. The maximum atomic E-state index is 11.6. The molecule has 0 aliphatic carbocycles. The molecule has 1 fully saturated rings. The minimum Gasteiger partial charge on any atom is -0.441 e.